The third kappa shape index (κ3) is 2.91. The number of hydrogen-bond acceptors (Lipinski definition) is 3. The first-order valence-corrected chi connectivity index (χ1v) is 7.81. The van der Waals surface area contributed by atoms with Gasteiger partial charge in [-0.3, -0.25) is 10.1 Å². The van der Waals surface area contributed by atoms with Gasteiger partial charge in [0.25, 0.3) is 0 Å². The maximum Gasteiger partial charge on any atom is 0.241 e. The molecule has 4 nitrogen and oxygen atoms in total. The number of amides is 1. The predicted octanol–water partition coefficient (Wildman–Crippen LogP) is 2.62. The number of carbonyl (C=O) groups is 1. The van der Waals surface area contributed by atoms with Gasteiger partial charge in [-0.05, 0) is 49.4 Å². The number of nitrogens with one attached hydrogen (secondary N) is 1. The molecule has 0 radical (unpaired) electrons. The number of aryl methyl sites for hydroxylation is 1. The second-order valence-electron chi connectivity index (χ2n) is 6.28. The molecule has 1 heterocycles. The SMILES string of the molecule is COc1ccc(C2NC(C)C(=O)N2CCC2CC2)cc1C. The average Bonchev–Trinajstić information content (AvgIpc) is 3.25. The minimum Gasteiger partial charge on any atom is -0.496 e. The van der Waals surface area contributed by atoms with Gasteiger partial charge in [-0.1, -0.05) is 18.9 Å². The molecule has 1 aliphatic heterocycles. The summed E-state index contributed by atoms with van der Waals surface area (Å²) in [6, 6.07) is 6.06. The molecule has 0 bridgehead atoms. The first kappa shape index (κ1) is 14.4. The van der Waals surface area contributed by atoms with Crippen LogP contribution >= 0.6 is 0 Å². The van der Waals surface area contributed by atoms with Crippen LogP contribution in [0.25, 0.3) is 0 Å². The monoisotopic (exact) mass is 288 g/mol. The van der Waals surface area contributed by atoms with E-state index in [0.29, 0.717) is 0 Å². The molecular formula is C17H24N2O2. The normalized spacial score (nSPS) is 25.5. The second kappa shape index (κ2) is 5.68. The number of carbonyl (C=O) groups excluding carboxylic acids is 1. The quantitative estimate of drug-likeness (QED) is 0.905. The number of ether oxygens (including phenoxy) is 1. The lowest BCUT2D eigenvalue weighted by Crippen LogP contribution is -2.31. The lowest BCUT2D eigenvalue weighted by Gasteiger charge is -2.25. The summed E-state index contributed by atoms with van der Waals surface area (Å²) < 4.78 is 5.32. The van der Waals surface area contributed by atoms with Crippen molar-refractivity contribution in [3.8, 4) is 5.75 Å². The molecule has 1 N–H and O–H groups in total. The highest BCUT2D eigenvalue weighted by Gasteiger charge is 2.37. The van der Waals surface area contributed by atoms with E-state index in [4.69, 9.17) is 4.74 Å². The summed E-state index contributed by atoms with van der Waals surface area (Å²) in [6.45, 7) is 4.84. The van der Waals surface area contributed by atoms with E-state index in [1.54, 1.807) is 7.11 Å². The maximum absolute atomic E-state index is 12.4. The van der Waals surface area contributed by atoms with E-state index in [0.717, 1.165) is 35.8 Å². The molecule has 0 spiro atoms. The Morgan fingerprint density at radius 1 is 1.38 bits per heavy atom. The van der Waals surface area contributed by atoms with Crippen molar-refractivity contribution in [2.45, 2.75) is 45.3 Å². The first-order valence-electron chi connectivity index (χ1n) is 7.81. The van der Waals surface area contributed by atoms with Crippen LogP contribution in [0.4, 0.5) is 0 Å². The van der Waals surface area contributed by atoms with Crippen molar-refractivity contribution in [3.63, 3.8) is 0 Å². The standard InChI is InChI=1S/C17H24N2O2/c1-11-10-14(6-7-15(11)21-3)16-18-12(2)17(20)19(16)9-8-13-4-5-13/h6-7,10,12-13,16,18H,4-5,8-9H2,1-3H3. The van der Waals surface area contributed by atoms with Crippen LogP contribution in [0.5, 0.6) is 5.75 Å². The Balaban J connectivity index is 1.80. The summed E-state index contributed by atoms with van der Waals surface area (Å²) in [6.07, 6.45) is 3.79. The van der Waals surface area contributed by atoms with Crippen LogP contribution in [0.1, 0.15) is 43.5 Å². The van der Waals surface area contributed by atoms with Crippen LogP contribution in [0.2, 0.25) is 0 Å². The highest BCUT2D eigenvalue weighted by atomic mass is 16.5. The Morgan fingerprint density at radius 3 is 2.76 bits per heavy atom. The van der Waals surface area contributed by atoms with Crippen molar-refractivity contribution in [3.05, 3.63) is 29.3 Å². The van der Waals surface area contributed by atoms with E-state index < -0.39 is 0 Å². The molecule has 114 valence electrons. The van der Waals surface area contributed by atoms with E-state index in [-0.39, 0.29) is 18.1 Å². The van der Waals surface area contributed by atoms with Gasteiger partial charge in [0, 0.05) is 6.54 Å². The van der Waals surface area contributed by atoms with Gasteiger partial charge < -0.3 is 9.64 Å². The number of hydrogen-bond donors (Lipinski definition) is 1. The van der Waals surface area contributed by atoms with Gasteiger partial charge in [0.05, 0.1) is 13.2 Å². The van der Waals surface area contributed by atoms with Gasteiger partial charge in [-0.15, -0.1) is 0 Å². The smallest absolute Gasteiger partial charge is 0.241 e. The van der Waals surface area contributed by atoms with Gasteiger partial charge in [0.1, 0.15) is 11.9 Å². The molecule has 3 rings (SSSR count). The minimum absolute atomic E-state index is 0.00384. The largest absolute Gasteiger partial charge is 0.496 e. The van der Waals surface area contributed by atoms with Crippen LogP contribution in [-0.4, -0.2) is 30.5 Å². The zero-order valence-corrected chi connectivity index (χ0v) is 13.1. The summed E-state index contributed by atoms with van der Waals surface area (Å²) in [7, 11) is 1.68. The molecule has 2 atom stereocenters. The fraction of sp³-hybridized carbons (Fsp3) is 0.588. The highest BCUT2D eigenvalue weighted by molar-refractivity contribution is 5.84. The zero-order valence-electron chi connectivity index (χ0n) is 13.1. The first-order chi connectivity index (χ1) is 10.1. The van der Waals surface area contributed by atoms with Crippen molar-refractivity contribution >= 4 is 5.91 Å². The molecule has 1 aromatic carbocycles. The highest BCUT2D eigenvalue weighted by Crippen LogP contribution is 2.35. The Bertz CT molecular complexity index is 540. The van der Waals surface area contributed by atoms with Crippen LogP contribution in [0.3, 0.4) is 0 Å². The third-order valence-corrected chi connectivity index (χ3v) is 4.58. The third-order valence-electron chi connectivity index (χ3n) is 4.58. The Kier molecular flexibility index (Phi) is 3.89. The summed E-state index contributed by atoms with van der Waals surface area (Å²) >= 11 is 0. The van der Waals surface area contributed by atoms with E-state index in [1.807, 2.05) is 24.8 Å². The van der Waals surface area contributed by atoms with Crippen LogP contribution < -0.4 is 10.1 Å². The maximum atomic E-state index is 12.4. The van der Waals surface area contributed by atoms with Gasteiger partial charge in [0.2, 0.25) is 5.91 Å². The number of benzene rings is 1. The molecule has 21 heavy (non-hydrogen) atoms. The van der Waals surface area contributed by atoms with Gasteiger partial charge in [-0.25, -0.2) is 0 Å². The van der Waals surface area contributed by atoms with E-state index in [1.165, 1.54) is 12.8 Å². The molecule has 1 aliphatic carbocycles. The van der Waals surface area contributed by atoms with Crippen LogP contribution in [0.15, 0.2) is 18.2 Å². The molecule has 1 saturated heterocycles. The predicted molar refractivity (Wildman–Crippen MR) is 82.1 cm³/mol. The van der Waals surface area contributed by atoms with Crippen molar-refractivity contribution in [2.24, 2.45) is 5.92 Å². The summed E-state index contributed by atoms with van der Waals surface area (Å²) in [5.74, 6) is 1.95. The van der Waals surface area contributed by atoms with Crippen molar-refractivity contribution < 1.29 is 9.53 Å². The Labute approximate surface area is 126 Å². The van der Waals surface area contributed by atoms with Crippen molar-refractivity contribution in [1.29, 1.82) is 0 Å². The molecule has 1 aromatic rings. The number of rotatable bonds is 5. The zero-order chi connectivity index (χ0) is 15.0. The fourth-order valence-electron chi connectivity index (χ4n) is 3.09. The Morgan fingerprint density at radius 2 is 2.14 bits per heavy atom. The van der Waals surface area contributed by atoms with Crippen LogP contribution in [-0.2, 0) is 4.79 Å². The van der Waals surface area contributed by atoms with Gasteiger partial charge in [0.15, 0.2) is 0 Å². The molecule has 4 heteroatoms. The molecular weight excluding hydrogens is 264 g/mol. The minimum atomic E-state index is -0.100. The molecule has 1 saturated carbocycles. The summed E-state index contributed by atoms with van der Waals surface area (Å²) in [4.78, 5) is 14.4. The fourth-order valence-corrected chi connectivity index (χ4v) is 3.09. The van der Waals surface area contributed by atoms with Crippen LogP contribution in [0, 0.1) is 12.8 Å². The van der Waals surface area contributed by atoms with E-state index >= 15 is 0 Å². The molecule has 1 amide bonds. The molecule has 2 unspecified atom stereocenters. The topological polar surface area (TPSA) is 41.6 Å². The van der Waals surface area contributed by atoms with Gasteiger partial charge >= 0.3 is 0 Å². The summed E-state index contributed by atoms with van der Waals surface area (Å²) in [5, 5.41) is 3.41. The Hall–Kier alpha value is -1.55. The van der Waals surface area contributed by atoms with Crippen molar-refractivity contribution in [2.75, 3.05) is 13.7 Å². The summed E-state index contributed by atoms with van der Waals surface area (Å²) in [5.41, 5.74) is 2.24. The van der Waals surface area contributed by atoms with E-state index in [9.17, 15) is 4.79 Å². The number of nitrogens with zero attached hydrogens (tertiary/aromatic N) is 1. The molecule has 2 fully saturated rings. The lowest BCUT2D eigenvalue weighted by atomic mass is 10.1. The van der Waals surface area contributed by atoms with E-state index in [2.05, 4.69) is 17.4 Å². The average molecular weight is 288 g/mol. The van der Waals surface area contributed by atoms with Crippen molar-refractivity contribution in [1.82, 2.24) is 10.2 Å². The lowest BCUT2D eigenvalue weighted by molar-refractivity contribution is -0.129. The molecule has 0 aromatic heterocycles. The number of methoxy groups -OCH3 is 1. The second-order valence-corrected chi connectivity index (χ2v) is 6.28. The van der Waals surface area contributed by atoms with Gasteiger partial charge in [-0.2, -0.15) is 0 Å². The molecule has 2 aliphatic rings.